The first-order chi connectivity index (χ1) is 5.34. The minimum Gasteiger partial charge on any atom is -0.378 e. The zero-order valence-corrected chi connectivity index (χ0v) is 7.12. The lowest BCUT2D eigenvalue weighted by Gasteiger charge is -2.13. The minimum atomic E-state index is 0.450. The molecular weight excluding hydrogens is 136 g/mol. The first-order valence-corrected chi connectivity index (χ1v) is 4.25. The van der Waals surface area contributed by atoms with Crippen molar-refractivity contribution in [1.82, 2.24) is 0 Å². The zero-order chi connectivity index (χ0) is 8.10. The Morgan fingerprint density at radius 2 is 2.45 bits per heavy atom. The van der Waals surface area contributed by atoms with Gasteiger partial charge in [0, 0.05) is 12.5 Å². The normalized spacial score (nSPS) is 27.5. The van der Waals surface area contributed by atoms with Crippen LogP contribution in [0.5, 0.6) is 0 Å². The molecule has 0 aromatic rings. The summed E-state index contributed by atoms with van der Waals surface area (Å²) in [6.07, 6.45) is 8.84. The third-order valence-corrected chi connectivity index (χ3v) is 2.10. The first kappa shape index (κ1) is 8.54. The lowest BCUT2D eigenvalue weighted by Crippen LogP contribution is -2.13. The van der Waals surface area contributed by atoms with Gasteiger partial charge in [0.25, 0.3) is 0 Å². The fraction of sp³-hybridized carbons (Fsp3) is 0.600. The number of ether oxygens (including phenoxy) is 1. The van der Waals surface area contributed by atoms with Gasteiger partial charge in [-0.3, -0.25) is 0 Å². The van der Waals surface area contributed by atoms with Crippen LogP contribution in [0.25, 0.3) is 0 Å². The van der Waals surface area contributed by atoms with Crippen molar-refractivity contribution < 1.29 is 4.74 Å². The van der Waals surface area contributed by atoms with Crippen molar-refractivity contribution in [2.75, 3.05) is 6.61 Å². The number of hydrogen-bond acceptors (Lipinski definition) is 1. The maximum absolute atomic E-state index is 5.53. The van der Waals surface area contributed by atoms with Crippen LogP contribution in [-0.2, 0) is 4.74 Å². The number of hydrogen-bond donors (Lipinski definition) is 0. The van der Waals surface area contributed by atoms with Crippen molar-refractivity contribution in [1.29, 1.82) is 0 Å². The van der Waals surface area contributed by atoms with Crippen molar-refractivity contribution in [3.63, 3.8) is 0 Å². The molecule has 0 saturated carbocycles. The van der Waals surface area contributed by atoms with Crippen molar-refractivity contribution in [3.05, 3.63) is 24.8 Å². The predicted octanol–water partition coefficient (Wildman–Crippen LogP) is 2.54. The van der Waals surface area contributed by atoms with E-state index in [0.29, 0.717) is 12.0 Å². The third-order valence-electron chi connectivity index (χ3n) is 2.10. The molecule has 0 amide bonds. The van der Waals surface area contributed by atoms with E-state index in [1.54, 1.807) is 0 Å². The van der Waals surface area contributed by atoms with Crippen LogP contribution in [0, 0.1) is 5.92 Å². The Balaban J connectivity index is 2.33. The first-order valence-electron chi connectivity index (χ1n) is 4.25. The van der Waals surface area contributed by atoms with Gasteiger partial charge in [-0.1, -0.05) is 31.7 Å². The van der Waals surface area contributed by atoms with Gasteiger partial charge < -0.3 is 4.74 Å². The predicted molar refractivity (Wildman–Crippen MR) is 47.5 cm³/mol. The fourth-order valence-corrected chi connectivity index (χ4v) is 1.39. The van der Waals surface area contributed by atoms with Crippen LogP contribution in [0.2, 0.25) is 0 Å². The molecule has 1 aliphatic heterocycles. The van der Waals surface area contributed by atoms with Crippen LogP contribution < -0.4 is 0 Å². The number of allylic oxidation sites excluding steroid dienone is 2. The molecule has 0 radical (unpaired) electrons. The smallest absolute Gasteiger partial charge is 0.0635 e. The van der Waals surface area contributed by atoms with Crippen LogP contribution in [0.1, 0.15) is 19.8 Å². The van der Waals surface area contributed by atoms with Crippen LogP contribution in [0.15, 0.2) is 24.8 Å². The lowest BCUT2D eigenvalue weighted by atomic mass is 10.0. The van der Waals surface area contributed by atoms with Crippen LogP contribution in [0.4, 0.5) is 0 Å². The van der Waals surface area contributed by atoms with Gasteiger partial charge in [0.2, 0.25) is 0 Å². The van der Waals surface area contributed by atoms with E-state index in [2.05, 4.69) is 19.6 Å². The van der Waals surface area contributed by atoms with Crippen molar-refractivity contribution in [2.24, 2.45) is 5.92 Å². The molecule has 62 valence electrons. The van der Waals surface area contributed by atoms with Gasteiger partial charge in [0.1, 0.15) is 0 Å². The monoisotopic (exact) mass is 152 g/mol. The van der Waals surface area contributed by atoms with Gasteiger partial charge in [0.15, 0.2) is 0 Å². The summed E-state index contributed by atoms with van der Waals surface area (Å²) in [5.74, 6) is 0.537. The summed E-state index contributed by atoms with van der Waals surface area (Å²) in [6.45, 7) is 6.76. The maximum atomic E-state index is 5.53. The van der Waals surface area contributed by atoms with Gasteiger partial charge >= 0.3 is 0 Å². The molecule has 1 aliphatic rings. The molecule has 0 bridgehead atoms. The quantitative estimate of drug-likeness (QED) is 0.565. The van der Waals surface area contributed by atoms with Crippen molar-refractivity contribution in [3.8, 4) is 0 Å². The third kappa shape index (κ3) is 2.51. The van der Waals surface area contributed by atoms with E-state index in [4.69, 9.17) is 4.74 Å². The highest BCUT2D eigenvalue weighted by Gasteiger charge is 2.19. The van der Waals surface area contributed by atoms with Crippen LogP contribution >= 0.6 is 0 Å². The molecule has 1 rings (SSSR count). The van der Waals surface area contributed by atoms with E-state index in [1.807, 2.05) is 12.2 Å². The lowest BCUT2D eigenvalue weighted by molar-refractivity contribution is 0.0846. The Morgan fingerprint density at radius 1 is 1.64 bits per heavy atom. The van der Waals surface area contributed by atoms with Gasteiger partial charge in [-0.2, -0.15) is 0 Å². The average molecular weight is 152 g/mol. The molecule has 0 aromatic heterocycles. The van der Waals surface area contributed by atoms with Crippen molar-refractivity contribution in [2.45, 2.75) is 25.9 Å². The molecule has 0 spiro atoms. The molecule has 1 heterocycles. The zero-order valence-electron chi connectivity index (χ0n) is 7.12. The molecule has 2 unspecified atom stereocenters. The average Bonchev–Trinajstić information content (AvgIpc) is 2.52. The Labute approximate surface area is 68.8 Å². The molecular formula is C10H16O. The van der Waals surface area contributed by atoms with Crippen LogP contribution in [-0.4, -0.2) is 12.7 Å². The Morgan fingerprint density at radius 3 is 3.00 bits per heavy atom. The van der Waals surface area contributed by atoms with Gasteiger partial charge in [-0.05, 0) is 12.8 Å². The van der Waals surface area contributed by atoms with Crippen molar-refractivity contribution >= 4 is 0 Å². The van der Waals surface area contributed by atoms with E-state index < -0.39 is 0 Å². The highest BCUT2D eigenvalue weighted by atomic mass is 16.5. The van der Waals surface area contributed by atoms with Gasteiger partial charge in [-0.15, -0.1) is 0 Å². The summed E-state index contributed by atoms with van der Waals surface area (Å²) < 4.78 is 5.53. The summed E-state index contributed by atoms with van der Waals surface area (Å²) in [4.78, 5) is 0. The summed E-state index contributed by atoms with van der Waals surface area (Å²) in [6, 6.07) is 0. The Kier molecular flexibility index (Phi) is 3.37. The Hall–Kier alpha value is -0.560. The molecule has 1 fully saturated rings. The Bertz CT molecular complexity index is 143. The maximum Gasteiger partial charge on any atom is 0.0635 e. The second kappa shape index (κ2) is 4.35. The van der Waals surface area contributed by atoms with Crippen LogP contribution in [0.3, 0.4) is 0 Å². The van der Waals surface area contributed by atoms with E-state index in [-0.39, 0.29) is 0 Å². The molecule has 0 aliphatic carbocycles. The standard InChI is InChI=1S/C10H16O/c1-3-4-6-9(2)10-7-5-8-11-10/h3-4,6,9-10H,1,5,7-8H2,2H3/b6-4+. The molecule has 1 heteroatoms. The molecule has 1 nitrogen and oxygen atoms in total. The summed E-state index contributed by atoms with van der Waals surface area (Å²) >= 11 is 0. The molecule has 0 aromatic carbocycles. The summed E-state index contributed by atoms with van der Waals surface area (Å²) in [5.41, 5.74) is 0. The second-order valence-corrected chi connectivity index (χ2v) is 3.03. The largest absolute Gasteiger partial charge is 0.378 e. The summed E-state index contributed by atoms with van der Waals surface area (Å²) in [5, 5.41) is 0. The molecule has 0 N–H and O–H groups in total. The van der Waals surface area contributed by atoms with E-state index in [1.165, 1.54) is 12.8 Å². The SMILES string of the molecule is C=C/C=C/C(C)C1CCCO1. The van der Waals surface area contributed by atoms with E-state index >= 15 is 0 Å². The summed E-state index contributed by atoms with van der Waals surface area (Å²) in [7, 11) is 0. The topological polar surface area (TPSA) is 9.23 Å². The molecule has 11 heavy (non-hydrogen) atoms. The molecule has 2 atom stereocenters. The number of rotatable bonds is 3. The molecule has 1 saturated heterocycles. The van der Waals surface area contributed by atoms with Gasteiger partial charge in [0.05, 0.1) is 6.10 Å². The minimum absolute atomic E-state index is 0.450. The fourth-order valence-electron chi connectivity index (χ4n) is 1.39. The highest BCUT2D eigenvalue weighted by molar-refractivity contribution is 5.01. The van der Waals surface area contributed by atoms with E-state index in [9.17, 15) is 0 Å². The highest BCUT2D eigenvalue weighted by Crippen LogP contribution is 2.20. The second-order valence-electron chi connectivity index (χ2n) is 3.03. The van der Waals surface area contributed by atoms with Gasteiger partial charge in [-0.25, -0.2) is 0 Å². The van der Waals surface area contributed by atoms with E-state index in [0.717, 1.165) is 6.61 Å².